The summed E-state index contributed by atoms with van der Waals surface area (Å²) < 4.78 is 11.6. The molecular weight excluding hydrogens is 328 g/mol. The zero-order valence-corrected chi connectivity index (χ0v) is 16.7. The van der Waals surface area contributed by atoms with Gasteiger partial charge in [0.15, 0.2) is 5.96 Å². The molecule has 0 amide bonds. The van der Waals surface area contributed by atoms with Gasteiger partial charge in [0, 0.05) is 19.5 Å². The molecule has 0 aliphatic carbocycles. The standard InChI is InChI=1S/C20H30N4O2/c1-15-7-9-16(10-8-15)25-12-11-24(6)19(21-5)23-14-18-22-13-17(26-18)20(2,3)4/h7-10,13H,11-12,14H2,1-6H3,(H,21,23). The number of ether oxygens (including phenoxy) is 1. The van der Waals surface area contributed by atoms with Crippen LogP contribution in [0.1, 0.15) is 38.0 Å². The van der Waals surface area contributed by atoms with Gasteiger partial charge >= 0.3 is 0 Å². The van der Waals surface area contributed by atoms with Crippen molar-refractivity contribution < 1.29 is 9.15 Å². The monoisotopic (exact) mass is 358 g/mol. The molecular formula is C20H30N4O2. The first-order valence-corrected chi connectivity index (χ1v) is 8.86. The number of oxazole rings is 1. The van der Waals surface area contributed by atoms with Crippen LogP contribution < -0.4 is 10.1 Å². The lowest BCUT2D eigenvalue weighted by Gasteiger charge is -2.21. The quantitative estimate of drug-likeness (QED) is 0.634. The number of hydrogen-bond donors (Lipinski definition) is 1. The van der Waals surface area contributed by atoms with E-state index in [4.69, 9.17) is 9.15 Å². The minimum absolute atomic E-state index is 0.0446. The molecule has 6 nitrogen and oxygen atoms in total. The van der Waals surface area contributed by atoms with Crippen molar-refractivity contribution in [3.63, 3.8) is 0 Å². The molecule has 0 aliphatic heterocycles. The smallest absolute Gasteiger partial charge is 0.213 e. The van der Waals surface area contributed by atoms with E-state index in [2.05, 4.69) is 43.0 Å². The van der Waals surface area contributed by atoms with Gasteiger partial charge in [0.05, 0.1) is 19.3 Å². The first-order chi connectivity index (χ1) is 12.3. The van der Waals surface area contributed by atoms with E-state index in [1.165, 1.54) is 5.56 Å². The summed E-state index contributed by atoms with van der Waals surface area (Å²) in [6.45, 7) is 10.2. The summed E-state index contributed by atoms with van der Waals surface area (Å²) in [6, 6.07) is 8.05. The fraction of sp³-hybridized carbons (Fsp3) is 0.500. The average molecular weight is 358 g/mol. The van der Waals surface area contributed by atoms with Crippen LogP contribution in [0.2, 0.25) is 0 Å². The maximum Gasteiger partial charge on any atom is 0.213 e. The Bertz CT molecular complexity index is 714. The largest absolute Gasteiger partial charge is 0.492 e. The molecule has 0 fully saturated rings. The summed E-state index contributed by atoms with van der Waals surface area (Å²) in [7, 11) is 3.74. The second kappa shape index (κ2) is 8.74. The van der Waals surface area contributed by atoms with Crippen LogP contribution in [0, 0.1) is 6.92 Å². The molecule has 0 aliphatic rings. The molecule has 1 N–H and O–H groups in total. The van der Waals surface area contributed by atoms with Crippen LogP contribution in [0.4, 0.5) is 0 Å². The average Bonchev–Trinajstić information content (AvgIpc) is 3.06. The van der Waals surface area contributed by atoms with Crippen molar-refractivity contribution in [2.24, 2.45) is 4.99 Å². The third-order valence-corrected chi connectivity index (χ3v) is 3.98. The number of nitrogens with one attached hydrogen (secondary N) is 1. The minimum atomic E-state index is -0.0446. The topological polar surface area (TPSA) is 62.9 Å². The first kappa shape index (κ1) is 19.8. The van der Waals surface area contributed by atoms with Crippen LogP contribution in [0.25, 0.3) is 0 Å². The van der Waals surface area contributed by atoms with Crippen molar-refractivity contribution >= 4 is 5.96 Å². The predicted octanol–water partition coefficient (Wildman–Crippen LogP) is 3.37. The van der Waals surface area contributed by atoms with Crippen LogP contribution in [0.5, 0.6) is 5.75 Å². The Kier molecular flexibility index (Phi) is 6.66. The molecule has 1 aromatic heterocycles. The van der Waals surface area contributed by atoms with E-state index in [1.807, 2.05) is 36.2 Å². The van der Waals surface area contributed by atoms with Crippen molar-refractivity contribution in [1.82, 2.24) is 15.2 Å². The van der Waals surface area contributed by atoms with Gasteiger partial charge in [-0.3, -0.25) is 4.99 Å². The third-order valence-electron chi connectivity index (χ3n) is 3.98. The molecule has 0 spiro atoms. The molecule has 0 saturated heterocycles. The molecule has 0 atom stereocenters. The van der Waals surface area contributed by atoms with Crippen molar-refractivity contribution in [2.45, 2.75) is 39.7 Å². The molecule has 0 bridgehead atoms. The Morgan fingerprint density at radius 2 is 1.96 bits per heavy atom. The van der Waals surface area contributed by atoms with Crippen LogP contribution in [0.3, 0.4) is 0 Å². The number of benzene rings is 1. The van der Waals surface area contributed by atoms with Gasteiger partial charge in [0.2, 0.25) is 5.89 Å². The number of rotatable bonds is 6. The summed E-state index contributed by atoms with van der Waals surface area (Å²) >= 11 is 0. The molecule has 2 aromatic rings. The van der Waals surface area contributed by atoms with Crippen LogP contribution in [-0.2, 0) is 12.0 Å². The Hall–Kier alpha value is -2.50. The first-order valence-electron chi connectivity index (χ1n) is 8.86. The van der Waals surface area contributed by atoms with Crippen molar-refractivity contribution in [3.05, 3.63) is 47.7 Å². The van der Waals surface area contributed by atoms with Gasteiger partial charge in [-0.1, -0.05) is 38.5 Å². The number of hydrogen-bond acceptors (Lipinski definition) is 4. The summed E-state index contributed by atoms with van der Waals surface area (Å²) in [5.41, 5.74) is 1.18. The summed E-state index contributed by atoms with van der Waals surface area (Å²) in [5.74, 6) is 3.18. The molecule has 6 heteroatoms. The van der Waals surface area contributed by atoms with E-state index >= 15 is 0 Å². The lowest BCUT2D eigenvalue weighted by molar-refractivity contribution is 0.281. The Labute approximate surface area is 156 Å². The maximum absolute atomic E-state index is 5.80. The van der Waals surface area contributed by atoms with Gasteiger partial charge in [-0.2, -0.15) is 0 Å². The van der Waals surface area contributed by atoms with Gasteiger partial charge in [0.25, 0.3) is 0 Å². The molecule has 0 unspecified atom stereocenters. The van der Waals surface area contributed by atoms with Gasteiger partial charge in [-0.15, -0.1) is 0 Å². The summed E-state index contributed by atoms with van der Waals surface area (Å²) in [4.78, 5) is 10.6. The number of likely N-dealkylation sites (N-methyl/N-ethyl adjacent to an activating group) is 1. The number of aryl methyl sites for hydroxylation is 1. The molecule has 26 heavy (non-hydrogen) atoms. The Balaban J connectivity index is 1.80. The van der Waals surface area contributed by atoms with E-state index in [-0.39, 0.29) is 5.41 Å². The second-order valence-corrected chi connectivity index (χ2v) is 7.35. The summed E-state index contributed by atoms with van der Waals surface area (Å²) in [6.07, 6.45) is 1.79. The number of guanidine groups is 1. The van der Waals surface area contributed by atoms with Gasteiger partial charge in [0.1, 0.15) is 18.1 Å². The van der Waals surface area contributed by atoms with Crippen LogP contribution in [-0.4, -0.2) is 43.1 Å². The molecule has 142 valence electrons. The zero-order valence-electron chi connectivity index (χ0n) is 16.7. The van der Waals surface area contributed by atoms with E-state index in [0.717, 1.165) is 17.5 Å². The van der Waals surface area contributed by atoms with E-state index in [9.17, 15) is 0 Å². The second-order valence-electron chi connectivity index (χ2n) is 7.35. The molecule has 2 rings (SSSR count). The highest BCUT2D eigenvalue weighted by Crippen LogP contribution is 2.22. The molecule has 1 heterocycles. The molecule has 1 aromatic carbocycles. The van der Waals surface area contributed by atoms with Crippen molar-refractivity contribution in [1.29, 1.82) is 0 Å². The van der Waals surface area contributed by atoms with Crippen LogP contribution >= 0.6 is 0 Å². The van der Waals surface area contributed by atoms with Gasteiger partial charge in [-0.25, -0.2) is 4.98 Å². The fourth-order valence-corrected chi connectivity index (χ4v) is 2.32. The molecule has 0 radical (unpaired) electrons. The SMILES string of the molecule is CN=C(NCc1ncc(C(C)(C)C)o1)N(C)CCOc1ccc(C)cc1. The summed E-state index contributed by atoms with van der Waals surface area (Å²) in [5, 5.41) is 3.27. The lowest BCUT2D eigenvalue weighted by atomic mass is 9.94. The predicted molar refractivity (Wildman–Crippen MR) is 105 cm³/mol. The van der Waals surface area contributed by atoms with Crippen molar-refractivity contribution in [2.75, 3.05) is 27.2 Å². The highest BCUT2D eigenvalue weighted by Gasteiger charge is 2.19. The fourth-order valence-electron chi connectivity index (χ4n) is 2.32. The van der Waals surface area contributed by atoms with Crippen molar-refractivity contribution in [3.8, 4) is 5.75 Å². The number of aromatic nitrogens is 1. The number of aliphatic imine (C=N–C) groups is 1. The highest BCUT2D eigenvalue weighted by atomic mass is 16.5. The minimum Gasteiger partial charge on any atom is -0.492 e. The van der Waals surface area contributed by atoms with E-state index in [0.29, 0.717) is 25.6 Å². The van der Waals surface area contributed by atoms with Gasteiger partial charge in [-0.05, 0) is 19.1 Å². The highest BCUT2D eigenvalue weighted by molar-refractivity contribution is 5.79. The van der Waals surface area contributed by atoms with E-state index in [1.54, 1.807) is 13.2 Å². The maximum atomic E-state index is 5.80. The van der Waals surface area contributed by atoms with Gasteiger partial charge < -0.3 is 19.4 Å². The number of nitrogens with zero attached hydrogens (tertiary/aromatic N) is 3. The molecule has 0 saturated carbocycles. The normalized spacial score (nSPS) is 12.2. The Morgan fingerprint density at radius 3 is 2.54 bits per heavy atom. The van der Waals surface area contributed by atoms with Crippen LogP contribution in [0.15, 0.2) is 39.9 Å². The van der Waals surface area contributed by atoms with E-state index < -0.39 is 0 Å². The Morgan fingerprint density at radius 1 is 1.27 bits per heavy atom. The lowest BCUT2D eigenvalue weighted by Crippen LogP contribution is -2.40. The zero-order chi connectivity index (χ0) is 19.2. The third kappa shape index (κ3) is 5.79.